The van der Waals surface area contributed by atoms with Gasteiger partial charge in [0.1, 0.15) is 18.3 Å². The Kier molecular flexibility index (Phi) is 3.29. The molecule has 2 saturated heterocycles. The SMILES string of the molecule is Cc1cc(C)n2nc(C(=O)N[C@H]3CO[C@H]4[C@@H]3OC[C@H]4O)nc2n1. The molecule has 9 heteroatoms. The van der Waals surface area contributed by atoms with E-state index in [4.69, 9.17) is 9.47 Å². The number of fused-ring (bicyclic) bond motifs is 2. The third kappa shape index (κ3) is 2.37. The minimum atomic E-state index is -0.648. The van der Waals surface area contributed by atoms with Crippen LogP contribution in [0.5, 0.6) is 0 Å². The highest BCUT2D eigenvalue weighted by atomic mass is 16.6. The zero-order valence-electron chi connectivity index (χ0n) is 12.8. The highest BCUT2D eigenvalue weighted by molar-refractivity contribution is 5.91. The van der Waals surface area contributed by atoms with Crippen molar-refractivity contribution in [3.63, 3.8) is 0 Å². The molecule has 4 atom stereocenters. The first kappa shape index (κ1) is 14.5. The Bertz CT molecular complexity index is 776. The van der Waals surface area contributed by atoms with E-state index in [1.54, 1.807) is 0 Å². The minimum absolute atomic E-state index is 0.0493. The molecule has 2 aliphatic heterocycles. The molecule has 2 aromatic rings. The van der Waals surface area contributed by atoms with Crippen molar-refractivity contribution in [2.75, 3.05) is 13.2 Å². The lowest BCUT2D eigenvalue weighted by Crippen LogP contribution is -2.44. The van der Waals surface area contributed by atoms with Crippen molar-refractivity contribution < 1.29 is 19.4 Å². The van der Waals surface area contributed by atoms with E-state index >= 15 is 0 Å². The van der Waals surface area contributed by atoms with Gasteiger partial charge in [-0.05, 0) is 19.9 Å². The molecular formula is C14H17N5O4. The summed E-state index contributed by atoms with van der Waals surface area (Å²) in [6.45, 7) is 4.25. The predicted molar refractivity (Wildman–Crippen MR) is 77.0 cm³/mol. The molecule has 0 bridgehead atoms. The molecule has 4 rings (SSSR count). The van der Waals surface area contributed by atoms with Crippen LogP contribution in [0.1, 0.15) is 22.0 Å². The molecule has 0 unspecified atom stereocenters. The fourth-order valence-electron chi connectivity index (χ4n) is 3.10. The molecule has 9 nitrogen and oxygen atoms in total. The summed E-state index contributed by atoms with van der Waals surface area (Å²) in [5, 5.41) is 16.7. The highest BCUT2D eigenvalue weighted by Gasteiger charge is 2.47. The zero-order chi connectivity index (χ0) is 16.1. The van der Waals surface area contributed by atoms with Gasteiger partial charge in [-0.15, -0.1) is 5.10 Å². The van der Waals surface area contributed by atoms with Crippen molar-refractivity contribution in [3.05, 3.63) is 23.3 Å². The van der Waals surface area contributed by atoms with E-state index in [-0.39, 0.29) is 30.7 Å². The minimum Gasteiger partial charge on any atom is -0.388 e. The van der Waals surface area contributed by atoms with Crippen LogP contribution >= 0.6 is 0 Å². The number of carbonyl (C=O) groups is 1. The number of hydrogen-bond acceptors (Lipinski definition) is 7. The van der Waals surface area contributed by atoms with Crippen molar-refractivity contribution in [2.45, 2.75) is 38.2 Å². The van der Waals surface area contributed by atoms with Crippen molar-refractivity contribution in [1.29, 1.82) is 0 Å². The van der Waals surface area contributed by atoms with E-state index in [1.807, 2.05) is 19.9 Å². The van der Waals surface area contributed by atoms with Crippen LogP contribution in [0.15, 0.2) is 6.07 Å². The number of amides is 1. The number of ether oxygens (including phenoxy) is 2. The van der Waals surface area contributed by atoms with Gasteiger partial charge >= 0.3 is 0 Å². The molecule has 0 saturated carbocycles. The van der Waals surface area contributed by atoms with Crippen molar-refractivity contribution in [2.24, 2.45) is 0 Å². The molecule has 0 radical (unpaired) electrons. The largest absolute Gasteiger partial charge is 0.388 e. The number of aryl methyl sites for hydroxylation is 2. The van der Waals surface area contributed by atoms with Gasteiger partial charge < -0.3 is 19.9 Å². The average Bonchev–Trinajstić information content (AvgIpc) is 3.17. The van der Waals surface area contributed by atoms with Crippen LogP contribution in [-0.4, -0.2) is 68.2 Å². The van der Waals surface area contributed by atoms with Crippen LogP contribution in [0.25, 0.3) is 5.78 Å². The second kappa shape index (κ2) is 5.22. The third-order valence-electron chi connectivity index (χ3n) is 4.17. The first-order valence-electron chi connectivity index (χ1n) is 7.46. The second-order valence-electron chi connectivity index (χ2n) is 5.93. The number of hydrogen-bond donors (Lipinski definition) is 2. The Balaban J connectivity index is 1.55. The Morgan fingerprint density at radius 3 is 2.91 bits per heavy atom. The number of aliphatic hydroxyl groups is 1. The summed E-state index contributed by atoms with van der Waals surface area (Å²) in [6.07, 6.45) is -1.38. The van der Waals surface area contributed by atoms with Crippen LogP contribution in [0.4, 0.5) is 0 Å². The summed E-state index contributed by atoms with van der Waals surface area (Å²) in [6, 6.07) is 1.54. The molecule has 23 heavy (non-hydrogen) atoms. The number of carbonyl (C=O) groups excluding carboxylic acids is 1. The predicted octanol–water partition coefficient (Wildman–Crippen LogP) is -1.00. The first-order chi connectivity index (χ1) is 11.0. The van der Waals surface area contributed by atoms with E-state index in [0.29, 0.717) is 12.4 Å². The lowest BCUT2D eigenvalue weighted by Gasteiger charge is -2.16. The summed E-state index contributed by atoms with van der Waals surface area (Å²) in [5.41, 5.74) is 1.67. The molecule has 0 spiro atoms. The molecule has 2 fully saturated rings. The van der Waals surface area contributed by atoms with Gasteiger partial charge in [0, 0.05) is 11.4 Å². The van der Waals surface area contributed by atoms with Crippen molar-refractivity contribution in [3.8, 4) is 0 Å². The smallest absolute Gasteiger partial charge is 0.291 e. The Hall–Kier alpha value is -2.10. The normalized spacial score (nSPS) is 29.9. The van der Waals surface area contributed by atoms with Crippen LogP contribution in [0.2, 0.25) is 0 Å². The number of aromatic nitrogens is 4. The maximum absolute atomic E-state index is 12.4. The number of aliphatic hydroxyl groups excluding tert-OH is 1. The fourth-order valence-corrected chi connectivity index (χ4v) is 3.10. The van der Waals surface area contributed by atoms with Crippen LogP contribution in [-0.2, 0) is 9.47 Å². The third-order valence-corrected chi connectivity index (χ3v) is 4.17. The number of rotatable bonds is 2. The van der Waals surface area contributed by atoms with Crippen LogP contribution in [0, 0.1) is 13.8 Å². The average molecular weight is 319 g/mol. The van der Waals surface area contributed by atoms with Crippen molar-refractivity contribution in [1.82, 2.24) is 24.9 Å². The van der Waals surface area contributed by atoms with E-state index in [0.717, 1.165) is 11.4 Å². The number of nitrogens with zero attached hydrogens (tertiary/aromatic N) is 4. The molecule has 0 aromatic carbocycles. The van der Waals surface area contributed by atoms with E-state index < -0.39 is 12.0 Å². The molecule has 2 aliphatic rings. The molecule has 1 amide bonds. The first-order valence-corrected chi connectivity index (χ1v) is 7.46. The molecule has 122 valence electrons. The topological polar surface area (TPSA) is 111 Å². The Labute approximate surface area is 131 Å². The maximum atomic E-state index is 12.4. The lowest BCUT2D eigenvalue weighted by atomic mass is 10.1. The van der Waals surface area contributed by atoms with E-state index in [2.05, 4.69) is 20.4 Å². The van der Waals surface area contributed by atoms with Gasteiger partial charge in [0.25, 0.3) is 11.7 Å². The van der Waals surface area contributed by atoms with E-state index in [9.17, 15) is 9.90 Å². The van der Waals surface area contributed by atoms with Gasteiger partial charge in [-0.1, -0.05) is 0 Å². The summed E-state index contributed by atoms with van der Waals surface area (Å²) < 4.78 is 12.5. The second-order valence-corrected chi connectivity index (χ2v) is 5.93. The van der Waals surface area contributed by atoms with E-state index in [1.165, 1.54) is 4.52 Å². The zero-order valence-corrected chi connectivity index (χ0v) is 12.8. The van der Waals surface area contributed by atoms with Crippen LogP contribution < -0.4 is 5.32 Å². The number of nitrogens with one attached hydrogen (secondary N) is 1. The molecule has 2 N–H and O–H groups in total. The van der Waals surface area contributed by atoms with Crippen LogP contribution in [0.3, 0.4) is 0 Å². The van der Waals surface area contributed by atoms with Gasteiger partial charge in [-0.2, -0.15) is 4.98 Å². The van der Waals surface area contributed by atoms with Gasteiger partial charge in [0.05, 0.1) is 19.3 Å². The highest BCUT2D eigenvalue weighted by Crippen LogP contribution is 2.27. The van der Waals surface area contributed by atoms with Crippen molar-refractivity contribution >= 4 is 11.7 Å². The molecular weight excluding hydrogens is 302 g/mol. The van der Waals surface area contributed by atoms with Gasteiger partial charge in [-0.3, -0.25) is 4.79 Å². The molecule has 4 heterocycles. The molecule has 2 aromatic heterocycles. The fraction of sp³-hybridized carbons (Fsp3) is 0.571. The Morgan fingerprint density at radius 2 is 2.09 bits per heavy atom. The van der Waals surface area contributed by atoms with Gasteiger partial charge in [0.2, 0.25) is 5.82 Å². The van der Waals surface area contributed by atoms with Gasteiger partial charge in [-0.25, -0.2) is 9.50 Å². The molecule has 0 aliphatic carbocycles. The Morgan fingerprint density at radius 1 is 1.30 bits per heavy atom. The summed E-state index contributed by atoms with van der Waals surface area (Å²) in [7, 11) is 0. The maximum Gasteiger partial charge on any atom is 0.291 e. The summed E-state index contributed by atoms with van der Waals surface area (Å²) in [4.78, 5) is 20.8. The quantitative estimate of drug-likeness (QED) is 0.730. The monoisotopic (exact) mass is 319 g/mol. The van der Waals surface area contributed by atoms with Gasteiger partial charge in [0.15, 0.2) is 0 Å². The lowest BCUT2D eigenvalue weighted by molar-refractivity contribution is 0.0178. The standard InChI is InChI=1S/C14H17N5O4/c1-6-3-7(2)19-14(15-6)17-12(18-19)13(21)16-8-4-22-11-9(20)5-23-10(8)11/h3,8-11,20H,4-5H2,1-2H3,(H,16,21)/t8-,9+,10+,11+/m0/s1. The summed E-state index contributed by atoms with van der Waals surface area (Å²) >= 11 is 0. The summed E-state index contributed by atoms with van der Waals surface area (Å²) in [5.74, 6) is 0.0284.